The second kappa shape index (κ2) is 14.6. The van der Waals surface area contributed by atoms with Gasteiger partial charge in [-0.1, -0.05) is 30.3 Å². The zero-order valence-corrected chi connectivity index (χ0v) is 17.3. The van der Waals surface area contributed by atoms with E-state index in [0.29, 0.717) is 12.7 Å². The second-order valence-electron chi connectivity index (χ2n) is 6.71. The summed E-state index contributed by atoms with van der Waals surface area (Å²) in [6, 6.07) is 7.78. The molecule has 1 rings (SSSR count). The molecule has 0 bridgehead atoms. The molecule has 0 heterocycles. The number of hydrogen-bond acceptors (Lipinski definition) is 7. The number of nitrogens with one attached hydrogen (secondary N) is 5. The minimum Gasteiger partial charge on any atom is -0.395 e. The third-order valence-electron chi connectivity index (χ3n) is 4.07. The number of carbonyl (C=O) groups is 5. The van der Waals surface area contributed by atoms with Crippen LogP contribution in [0.15, 0.2) is 30.3 Å². The Labute approximate surface area is 180 Å². The van der Waals surface area contributed by atoms with Crippen LogP contribution in [-0.4, -0.2) is 66.8 Å². The molecule has 0 spiro atoms. The van der Waals surface area contributed by atoms with Gasteiger partial charge in [-0.2, -0.15) is 0 Å². The van der Waals surface area contributed by atoms with Gasteiger partial charge in [0.05, 0.1) is 19.2 Å². The number of hydrogen-bond donors (Lipinski definition) is 6. The van der Waals surface area contributed by atoms with E-state index in [-0.39, 0.29) is 32.5 Å². The molecular formula is C20H29N5O6. The zero-order valence-electron chi connectivity index (χ0n) is 17.3. The van der Waals surface area contributed by atoms with Gasteiger partial charge in [-0.3, -0.25) is 24.6 Å². The number of carbonyl (C=O) groups excluding carboxylic acids is 5. The van der Waals surface area contributed by atoms with Crippen LogP contribution in [0.1, 0.15) is 25.3 Å². The molecule has 1 aromatic carbocycles. The quantitative estimate of drug-likeness (QED) is 0.144. The van der Waals surface area contributed by atoms with Gasteiger partial charge in [-0.05, 0) is 18.9 Å². The van der Waals surface area contributed by atoms with Crippen molar-refractivity contribution in [2.75, 3.05) is 19.7 Å². The summed E-state index contributed by atoms with van der Waals surface area (Å²) in [6.45, 7) is 1.03. The molecule has 1 aromatic rings. The van der Waals surface area contributed by atoms with Crippen molar-refractivity contribution < 1.29 is 29.1 Å². The molecule has 11 nitrogen and oxygen atoms in total. The lowest BCUT2D eigenvalue weighted by Gasteiger charge is -2.15. The summed E-state index contributed by atoms with van der Waals surface area (Å²) < 4.78 is 0. The van der Waals surface area contributed by atoms with E-state index < -0.39 is 35.7 Å². The fraction of sp³-hybridized carbons (Fsp3) is 0.450. The van der Waals surface area contributed by atoms with E-state index >= 15 is 0 Å². The molecule has 0 aromatic heterocycles. The van der Waals surface area contributed by atoms with Crippen molar-refractivity contribution in [1.29, 1.82) is 0 Å². The summed E-state index contributed by atoms with van der Waals surface area (Å²) in [7, 11) is 0. The maximum absolute atomic E-state index is 11.9. The highest BCUT2D eigenvalue weighted by molar-refractivity contribution is 5.91. The van der Waals surface area contributed by atoms with Crippen LogP contribution >= 0.6 is 0 Å². The van der Waals surface area contributed by atoms with Crippen LogP contribution in [0.4, 0.5) is 0 Å². The zero-order chi connectivity index (χ0) is 23.1. The van der Waals surface area contributed by atoms with Crippen molar-refractivity contribution in [3.63, 3.8) is 0 Å². The SMILES string of the molecule is C[C@H](NC(=O)CCC(=O)NN[C@H](C=O)Cc1ccccc1)C(=O)NCC(=O)NCCO. The van der Waals surface area contributed by atoms with Gasteiger partial charge in [0.15, 0.2) is 0 Å². The summed E-state index contributed by atoms with van der Waals surface area (Å²) in [5.74, 6) is -2.02. The second-order valence-corrected chi connectivity index (χ2v) is 6.71. The molecule has 170 valence electrons. The number of benzene rings is 1. The third kappa shape index (κ3) is 11.5. The summed E-state index contributed by atoms with van der Waals surface area (Å²) in [5.41, 5.74) is 5.95. The first-order valence-corrected chi connectivity index (χ1v) is 9.84. The minimum atomic E-state index is -0.898. The van der Waals surface area contributed by atoms with E-state index in [2.05, 4.69) is 26.8 Å². The lowest BCUT2D eigenvalue weighted by atomic mass is 10.1. The van der Waals surface area contributed by atoms with Crippen molar-refractivity contribution in [3.8, 4) is 0 Å². The summed E-state index contributed by atoms with van der Waals surface area (Å²) in [6.07, 6.45) is 0.778. The van der Waals surface area contributed by atoms with E-state index in [9.17, 15) is 24.0 Å². The number of aliphatic hydroxyl groups is 1. The Bertz CT molecular complexity index is 743. The van der Waals surface area contributed by atoms with Gasteiger partial charge >= 0.3 is 0 Å². The average Bonchev–Trinajstić information content (AvgIpc) is 2.77. The van der Waals surface area contributed by atoms with Gasteiger partial charge in [0, 0.05) is 19.4 Å². The van der Waals surface area contributed by atoms with Crippen LogP contribution in [0.25, 0.3) is 0 Å². The van der Waals surface area contributed by atoms with Gasteiger partial charge in [0.1, 0.15) is 12.3 Å². The Hall–Kier alpha value is -3.31. The molecular weight excluding hydrogens is 406 g/mol. The van der Waals surface area contributed by atoms with Crippen LogP contribution in [0, 0.1) is 0 Å². The molecule has 2 atom stereocenters. The average molecular weight is 435 g/mol. The summed E-state index contributed by atoms with van der Waals surface area (Å²) >= 11 is 0. The first-order chi connectivity index (χ1) is 14.8. The van der Waals surface area contributed by atoms with E-state index in [1.54, 1.807) is 0 Å². The van der Waals surface area contributed by atoms with Gasteiger partial charge in [-0.25, -0.2) is 5.43 Å². The predicted octanol–water partition coefficient (Wildman–Crippen LogP) is -2.07. The van der Waals surface area contributed by atoms with Crippen molar-refractivity contribution in [2.45, 2.75) is 38.3 Å². The molecule has 0 unspecified atom stereocenters. The Morgan fingerprint density at radius 3 is 2.32 bits per heavy atom. The highest BCUT2D eigenvalue weighted by atomic mass is 16.3. The molecule has 6 N–H and O–H groups in total. The number of rotatable bonds is 14. The molecule has 0 fully saturated rings. The lowest BCUT2D eigenvalue weighted by Crippen LogP contribution is -2.48. The fourth-order valence-corrected chi connectivity index (χ4v) is 2.42. The number of aldehydes is 1. The van der Waals surface area contributed by atoms with Crippen LogP contribution in [-0.2, 0) is 30.4 Å². The molecule has 0 radical (unpaired) electrons. The molecule has 4 amide bonds. The maximum atomic E-state index is 11.9. The van der Waals surface area contributed by atoms with Gasteiger partial charge in [0.2, 0.25) is 23.6 Å². The Balaban J connectivity index is 2.26. The molecule has 0 aliphatic heterocycles. The van der Waals surface area contributed by atoms with Gasteiger partial charge < -0.3 is 25.9 Å². The third-order valence-corrected chi connectivity index (χ3v) is 4.07. The van der Waals surface area contributed by atoms with E-state index in [1.165, 1.54) is 6.92 Å². The highest BCUT2D eigenvalue weighted by Crippen LogP contribution is 2.01. The van der Waals surface area contributed by atoms with Crippen LogP contribution in [0.3, 0.4) is 0 Å². The minimum absolute atomic E-state index is 0.0811. The fourth-order valence-electron chi connectivity index (χ4n) is 2.42. The molecule has 0 saturated carbocycles. The molecule has 11 heteroatoms. The largest absolute Gasteiger partial charge is 0.395 e. The predicted molar refractivity (Wildman–Crippen MR) is 111 cm³/mol. The molecule has 0 aliphatic rings. The maximum Gasteiger partial charge on any atom is 0.242 e. The van der Waals surface area contributed by atoms with Crippen molar-refractivity contribution in [1.82, 2.24) is 26.8 Å². The summed E-state index contributed by atoms with van der Waals surface area (Å²) in [5, 5.41) is 15.8. The Kier molecular flexibility index (Phi) is 12.1. The van der Waals surface area contributed by atoms with Crippen LogP contribution < -0.4 is 26.8 Å². The molecule has 0 aliphatic carbocycles. The van der Waals surface area contributed by atoms with Gasteiger partial charge in [0.25, 0.3) is 0 Å². The normalized spacial score (nSPS) is 12.2. The first kappa shape index (κ1) is 25.7. The van der Waals surface area contributed by atoms with Crippen molar-refractivity contribution in [2.24, 2.45) is 0 Å². The first-order valence-electron chi connectivity index (χ1n) is 9.84. The van der Waals surface area contributed by atoms with Crippen molar-refractivity contribution in [3.05, 3.63) is 35.9 Å². The van der Waals surface area contributed by atoms with Crippen LogP contribution in [0.2, 0.25) is 0 Å². The van der Waals surface area contributed by atoms with Gasteiger partial charge in [-0.15, -0.1) is 0 Å². The Morgan fingerprint density at radius 2 is 1.68 bits per heavy atom. The number of amides is 4. The van der Waals surface area contributed by atoms with Crippen LogP contribution in [0.5, 0.6) is 0 Å². The lowest BCUT2D eigenvalue weighted by molar-refractivity contribution is -0.131. The van der Waals surface area contributed by atoms with Crippen molar-refractivity contribution >= 4 is 29.9 Å². The van der Waals surface area contributed by atoms with E-state index in [1.807, 2.05) is 30.3 Å². The number of hydrazine groups is 1. The van der Waals surface area contributed by atoms with E-state index in [0.717, 1.165) is 5.56 Å². The standard InChI is InChI=1S/C20H29N5O6/c1-14(20(31)22-12-19(30)21-9-10-26)23-17(28)7-8-18(29)25-24-16(13-27)11-15-5-3-2-4-6-15/h2-6,13-14,16,24,26H,7-12H2,1H3,(H,21,30)(H,22,31)(H,23,28)(H,25,29)/t14-,16-/m0/s1. The van der Waals surface area contributed by atoms with E-state index in [4.69, 9.17) is 5.11 Å². The molecule has 0 saturated heterocycles. The monoisotopic (exact) mass is 435 g/mol. The number of aliphatic hydroxyl groups excluding tert-OH is 1. The highest BCUT2D eigenvalue weighted by Gasteiger charge is 2.17. The smallest absolute Gasteiger partial charge is 0.242 e. The molecule has 31 heavy (non-hydrogen) atoms. The topological polar surface area (TPSA) is 166 Å². The summed E-state index contributed by atoms with van der Waals surface area (Å²) in [4.78, 5) is 58.2. The Morgan fingerprint density at radius 1 is 1.00 bits per heavy atom.